The Hall–Kier alpha value is -0.490. The number of methoxy groups -OCH3 is 2. The van der Waals surface area contributed by atoms with Gasteiger partial charge in [-0.1, -0.05) is 22.9 Å². The van der Waals surface area contributed by atoms with Crippen LogP contribution in [0.5, 0.6) is 0 Å². The normalized spacial score (nSPS) is 13.0. The average molecular weight is 320 g/mol. The third-order valence-electron chi connectivity index (χ3n) is 2.64. The number of hydrogen-bond acceptors (Lipinski definition) is 3. The third kappa shape index (κ3) is 4.65. The monoisotopic (exact) mass is 319 g/mol. The van der Waals surface area contributed by atoms with Crippen molar-refractivity contribution in [2.24, 2.45) is 0 Å². The maximum absolute atomic E-state index is 13.3. The van der Waals surface area contributed by atoms with Crippen LogP contribution in [-0.4, -0.2) is 33.1 Å². The van der Waals surface area contributed by atoms with E-state index < -0.39 is 0 Å². The van der Waals surface area contributed by atoms with Crippen molar-refractivity contribution in [2.45, 2.75) is 25.7 Å². The minimum Gasteiger partial charge on any atom is -0.354 e. The first-order valence-corrected chi connectivity index (χ1v) is 6.64. The van der Waals surface area contributed by atoms with E-state index in [1.807, 2.05) is 13.0 Å². The van der Waals surface area contributed by atoms with Gasteiger partial charge in [0.2, 0.25) is 0 Å². The van der Waals surface area contributed by atoms with Crippen molar-refractivity contribution >= 4 is 15.9 Å². The van der Waals surface area contributed by atoms with Gasteiger partial charge in [-0.15, -0.1) is 0 Å². The largest absolute Gasteiger partial charge is 0.354 e. The molecule has 0 fully saturated rings. The van der Waals surface area contributed by atoms with Crippen LogP contribution in [0.3, 0.4) is 0 Å². The van der Waals surface area contributed by atoms with Crippen molar-refractivity contribution in [1.29, 1.82) is 0 Å². The van der Waals surface area contributed by atoms with Crippen molar-refractivity contribution in [2.75, 3.05) is 20.8 Å². The molecule has 1 unspecified atom stereocenters. The van der Waals surface area contributed by atoms with E-state index in [0.29, 0.717) is 6.42 Å². The maximum Gasteiger partial charge on any atom is 0.172 e. The number of nitrogens with one attached hydrogen (secondary N) is 1. The number of benzene rings is 1. The quantitative estimate of drug-likeness (QED) is 0.784. The van der Waals surface area contributed by atoms with E-state index in [4.69, 9.17) is 9.47 Å². The van der Waals surface area contributed by atoms with Crippen molar-refractivity contribution in [3.63, 3.8) is 0 Å². The number of rotatable bonds is 7. The van der Waals surface area contributed by atoms with Crippen molar-refractivity contribution in [3.05, 3.63) is 34.1 Å². The van der Waals surface area contributed by atoms with Crippen LogP contribution in [0.1, 0.15) is 12.5 Å². The molecule has 3 nitrogen and oxygen atoms in total. The van der Waals surface area contributed by atoms with Gasteiger partial charge >= 0.3 is 0 Å². The molecule has 18 heavy (non-hydrogen) atoms. The van der Waals surface area contributed by atoms with E-state index in [1.54, 1.807) is 14.2 Å². The number of likely N-dealkylation sites (N-methyl/N-ethyl adjacent to an activating group) is 1. The molecule has 0 aliphatic rings. The molecule has 0 spiro atoms. The second-order valence-electron chi connectivity index (χ2n) is 3.99. The van der Waals surface area contributed by atoms with Crippen molar-refractivity contribution < 1.29 is 13.9 Å². The summed E-state index contributed by atoms with van der Waals surface area (Å²) >= 11 is 3.29. The summed E-state index contributed by atoms with van der Waals surface area (Å²) in [6.45, 7) is 2.81. The fourth-order valence-corrected chi connectivity index (χ4v) is 2.45. The first-order valence-electron chi connectivity index (χ1n) is 5.84. The zero-order valence-corrected chi connectivity index (χ0v) is 12.5. The Morgan fingerprint density at radius 2 is 1.94 bits per heavy atom. The molecule has 0 bridgehead atoms. The zero-order valence-electron chi connectivity index (χ0n) is 10.9. The van der Waals surface area contributed by atoms with Gasteiger partial charge in [-0.3, -0.25) is 0 Å². The number of halogens is 2. The highest BCUT2D eigenvalue weighted by Crippen LogP contribution is 2.17. The van der Waals surface area contributed by atoms with Gasteiger partial charge in [0.15, 0.2) is 6.29 Å². The SMILES string of the molecule is CCNC(Cc1cc(F)cc(Br)c1)C(OC)OC. The molecule has 0 heterocycles. The Balaban J connectivity index is 2.81. The Morgan fingerprint density at radius 3 is 2.44 bits per heavy atom. The molecule has 0 saturated heterocycles. The highest BCUT2D eigenvalue weighted by molar-refractivity contribution is 9.10. The lowest BCUT2D eigenvalue weighted by molar-refractivity contribution is -0.122. The highest BCUT2D eigenvalue weighted by atomic mass is 79.9. The Morgan fingerprint density at radius 1 is 1.28 bits per heavy atom. The first-order chi connectivity index (χ1) is 8.60. The molecule has 5 heteroatoms. The average Bonchev–Trinajstić information content (AvgIpc) is 2.29. The summed E-state index contributed by atoms with van der Waals surface area (Å²) in [5.74, 6) is -0.249. The molecule has 0 aliphatic carbocycles. The van der Waals surface area contributed by atoms with Gasteiger partial charge in [-0.05, 0) is 36.7 Å². The van der Waals surface area contributed by atoms with Crippen molar-refractivity contribution in [1.82, 2.24) is 5.32 Å². The molecular weight excluding hydrogens is 301 g/mol. The summed E-state index contributed by atoms with van der Waals surface area (Å²) in [4.78, 5) is 0. The number of hydrogen-bond donors (Lipinski definition) is 1. The minimum absolute atomic E-state index is 0.0151. The second-order valence-corrected chi connectivity index (χ2v) is 4.90. The lowest BCUT2D eigenvalue weighted by Crippen LogP contribution is -2.43. The van der Waals surface area contributed by atoms with E-state index in [-0.39, 0.29) is 18.1 Å². The van der Waals surface area contributed by atoms with Gasteiger partial charge in [-0.25, -0.2) is 4.39 Å². The molecule has 102 valence electrons. The van der Waals surface area contributed by atoms with Gasteiger partial charge in [0.05, 0.1) is 6.04 Å². The molecule has 0 amide bonds. The van der Waals surface area contributed by atoms with E-state index in [9.17, 15) is 4.39 Å². The Bertz CT molecular complexity index is 352. The van der Waals surface area contributed by atoms with E-state index in [1.165, 1.54) is 12.1 Å². The summed E-state index contributed by atoms with van der Waals surface area (Å²) < 4.78 is 24.6. The lowest BCUT2D eigenvalue weighted by atomic mass is 10.1. The predicted molar refractivity (Wildman–Crippen MR) is 73.1 cm³/mol. The lowest BCUT2D eigenvalue weighted by Gasteiger charge is -2.25. The van der Waals surface area contributed by atoms with E-state index >= 15 is 0 Å². The third-order valence-corrected chi connectivity index (χ3v) is 3.10. The zero-order chi connectivity index (χ0) is 13.5. The van der Waals surface area contributed by atoms with Gasteiger partial charge in [0.25, 0.3) is 0 Å². The smallest absolute Gasteiger partial charge is 0.172 e. The van der Waals surface area contributed by atoms with E-state index in [2.05, 4.69) is 21.2 Å². The van der Waals surface area contributed by atoms with Crippen LogP contribution in [0.4, 0.5) is 4.39 Å². The van der Waals surface area contributed by atoms with Crippen LogP contribution >= 0.6 is 15.9 Å². The van der Waals surface area contributed by atoms with Crippen LogP contribution in [0.15, 0.2) is 22.7 Å². The summed E-state index contributed by atoms with van der Waals surface area (Å²) in [5.41, 5.74) is 0.895. The topological polar surface area (TPSA) is 30.5 Å². The van der Waals surface area contributed by atoms with Gasteiger partial charge < -0.3 is 14.8 Å². The standard InChI is InChI=1S/C13H19BrFNO2/c1-4-16-12(13(17-2)18-3)7-9-5-10(14)8-11(15)6-9/h5-6,8,12-13,16H,4,7H2,1-3H3. The van der Waals surface area contributed by atoms with Crippen LogP contribution in [0.2, 0.25) is 0 Å². The molecule has 1 aromatic carbocycles. The van der Waals surface area contributed by atoms with Crippen molar-refractivity contribution in [3.8, 4) is 0 Å². The number of ether oxygens (including phenoxy) is 2. The van der Waals surface area contributed by atoms with Gasteiger partial charge in [0.1, 0.15) is 5.82 Å². The summed E-state index contributed by atoms with van der Waals surface area (Å²) in [6.07, 6.45) is 0.281. The first kappa shape index (κ1) is 15.6. The fourth-order valence-electron chi connectivity index (χ4n) is 1.93. The molecule has 0 saturated carbocycles. The highest BCUT2D eigenvalue weighted by Gasteiger charge is 2.20. The van der Waals surface area contributed by atoms with Gasteiger partial charge in [-0.2, -0.15) is 0 Å². The molecule has 1 rings (SSSR count). The minimum atomic E-state index is -0.355. The fraction of sp³-hybridized carbons (Fsp3) is 0.538. The molecule has 0 aliphatic heterocycles. The van der Waals surface area contributed by atoms with Crippen LogP contribution < -0.4 is 5.32 Å². The second kappa shape index (κ2) is 7.84. The maximum atomic E-state index is 13.3. The summed E-state index contributed by atoms with van der Waals surface area (Å²) in [6, 6.07) is 4.85. The molecule has 0 aromatic heterocycles. The predicted octanol–water partition coefficient (Wildman–Crippen LogP) is 2.73. The summed E-state index contributed by atoms with van der Waals surface area (Å²) in [7, 11) is 3.19. The van der Waals surface area contributed by atoms with Crippen LogP contribution in [0, 0.1) is 5.82 Å². The van der Waals surface area contributed by atoms with Gasteiger partial charge in [0, 0.05) is 18.7 Å². The van der Waals surface area contributed by atoms with Crippen LogP contribution in [0.25, 0.3) is 0 Å². The van der Waals surface area contributed by atoms with E-state index in [0.717, 1.165) is 16.6 Å². The molecular formula is C13H19BrFNO2. The molecule has 1 atom stereocenters. The Kier molecular flexibility index (Phi) is 6.78. The Labute approximate surface area is 116 Å². The van der Waals surface area contributed by atoms with Crippen LogP contribution in [-0.2, 0) is 15.9 Å². The molecule has 1 N–H and O–H groups in total. The molecule has 0 radical (unpaired) electrons. The molecule has 1 aromatic rings. The summed E-state index contributed by atoms with van der Waals surface area (Å²) in [5, 5.41) is 3.28.